The molecule has 1 aromatic carbocycles. The summed E-state index contributed by atoms with van der Waals surface area (Å²) in [6.45, 7) is 4.66. The molecule has 0 saturated carbocycles. The van der Waals surface area contributed by atoms with Crippen molar-refractivity contribution >= 4 is 38.4 Å². The van der Waals surface area contributed by atoms with E-state index in [0.29, 0.717) is 12.1 Å². The zero-order valence-electron chi connectivity index (χ0n) is 11.2. The van der Waals surface area contributed by atoms with Gasteiger partial charge in [-0.3, -0.25) is 4.57 Å². The van der Waals surface area contributed by atoms with Gasteiger partial charge in [0.05, 0.1) is 10.3 Å². The van der Waals surface area contributed by atoms with E-state index < -0.39 is 0 Å². The Morgan fingerprint density at radius 2 is 2.20 bits per heavy atom. The highest BCUT2D eigenvalue weighted by atomic mass is 79.9. The molecule has 2 heterocycles. The van der Waals surface area contributed by atoms with E-state index in [1.807, 2.05) is 25.1 Å². The maximum absolute atomic E-state index is 11.7. The molecule has 3 rings (SSSR count). The molecule has 0 bridgehead atoms. The van der Waals surface area contributed by atoms with Crippen LogP contribution in [-0.2, 0) is 6.54 Å². The Morgan fingerprint density at radius 1 is 1.40 bits per heavy atom. The van der Waals surface area contributed by atoms with Crippen LogP contribution in [0, 0.1) is 6.92 Å². The maximum Gasteiger partial charge on any atom is 0.419 e. The van der Waals surface area contributed by atoms with Gasteiger partial charge in [0.15, 0.2) is 5.58 Å². The molecule has 0 fully saturated rings. The number of thiophene rings is 1. The van der Waals surface area contributed by atoms with Gasteiger partial charge in [0.2, 0.25) is 0 Å². The lowest BCUT2D eigenvalue weighted by Crippen LogP contribution is -2.11. The Morgan fingerprint density at radius 3 is 2.85 bits per heavy atom. The van der Waals surface area contributed by atoms with E-state index >= 15 is 0 Å². The number of halogens is 1. The predicted octanol–water partition coefficient (Wildman–Crippen LogP) is 4.47. The van der Waals surface area contributed by atoms with Gasteiger partial charge in [-0.25, -0.2) is 4.79 Å². The van der Waals surface area contributed by atoms with Gasteiger partial charge >= 0.3 is 5.76 Å². The lowest BCUT2D eigenvalue weighted by molar-refractivity contribution is 0.513. The average molecular weight is 352 g/mol. The van der Waals surface area contributed by atoms with E-state index in [0.717, 1.165) is 11.1 Å². The van der Waals surface area contributed by atoms with Crippen molar-refractivity contribution < 1.29 is 4.42 Å². The van der Waals surface area contributed by atoms with Crippen LogP contribution in [0.4, 0.5) is 0 Å². The van der Waals surface area contributed by atoms with Gasteiger partial charge in [0.25, 0.3) is 0 Å². The lowest BCUT2D eigenvalue weighted by Gasteiger charge is -2.10. The van der Waals surface area contributed by atoms with E-state index in [2.05, 4.69) is 33.6 Å². The molecule has 104 valence electrons. The molecule has 0 saturated heterocycles. The SMILES string of the molecule is CCn1c(=O)oc2cc(C(Br)c3cscc3C)ccc21. The van der Waals surface area contributed by atoms with Crippen LogP contribution in [0.2, 0.25) is 0 Å². The second-order valence-corrected chi connectivity index (χ2v) is 6.37. The number of aryl methyl sites for hydroxylation is 2. The summed E-state index contributed by atoms with van der Waals surface area (Å²) in [5.74, 6) is -0.294. The molecule has 2 aromatic heterocycles. The Labute approximate surface area is 129 Å². The number of alkyl halides is 1. The molecule has 5 heteroatoms. The van der Waals surface area contributed by atoms with Crippen LogP contribution >= 0.6 is 27.3 Å². The van der Waals surface area contributed by atoms with Crippen molar-refractivity contribution in [1.82, 2.24) is 4.57 Å². The molecular weight excluding hydrogens is 338 g/mol. The molecule has 0 aliphatic carbocycles. The second-order valence-electron chi connectivity index (χ2n) is 4.71. The molecule has 0 spiro atoms. The van der Waals surface area contributed by atoms with E-state index in [4.69, 9.17) is 4.42 Å². The first-order chi connectivity index (χ1) is 9.61. The van der Waals surface area contributed by atoms with Crippen LogP contribution in [0.3, 0.4) is 0 Å². The Balaban J connectivity index is 2.10. The first-order valence-electron chi connectivity index (χ1n) is 6.42. The molecule has 0 aliphatic rings. The first kappa shape index (κ1) is 13.6. The molecule has 1 atom stereocenters. The third-order valence-electron chi connectivity index (χ3n) is 3.47. The Bertz CT molecular complexity index is 815. The average Bonchev–Trinajstić information content (AvgIpc) is 2.99. The fourth-order valence-electron chi connectivity index (χ4n) is 2.35. The van der Waals surface area contributed by atoms with Gasteiger partial charge in [-0.15, -0.1) is 0 Å². The van der Waals surface area contributed by atoms with Crippen LogP contribution in [0.25, 0.3) is 11.1 Å². The lowest BCUT2D eigenvalue weighted by atomic mass is 10.0. The molecule has 0 amide bonds. The second kappa shape index (κ2) is 5.22. The zero-order valence-corrected chi connectivity index (χ0v) is 13.6. The molecule has 0 N–H and O–H groups in total. The van der Waals surface area contributed by atoms with Crippen LogP contribution in [0.5, 0.6) is 0 Å². The van der Waals surface area contributed by atoms with Gasteiger partial charge in [-0.05, 0) is 53.4 Å². The quantitative estimate of drug-likeness (QED) is 0.652. The predicted molar refractivity (Wildman–Crippen MR) is 86.0 cm³/mol. The highest BCUT2D eigenvalue weighted by Gasteiger charge is 2.16. The van der Waals surface area contributed by atoms with E-state index in [-0.39, 0.29) is 10.6 Å². The summed E-state index contributed by atoms with van der Waals surface area (Å²) in [7, 11) is 0. The number of rotatable bonds is 3. The van der Waals surface area contributed by atoms with E-state index in [9.17, 15) is 4.79 Å². The topological polar surface area (TPSA) is 35.1 Å². The van der Waals surface area contributed by atoms with Crippen LogP contribution in [-0.4, -0.2) is 4.57 Å². The van der Waals surface area contributed by atoms with Gasteiger partial charge in [-0.2, -0.15) is 11.3 Å². The summed E-state index contributed by atoms with van der Waals surface area (Å²) >= 11 is 5.43. The van der Waals surface area contributed by atoms with Crippen molar-refractivity contribution in [1.29, 1.82) is 0 Å². The molecule has 3 aromatic rings. The van der Waals surface area contributed by atoms with Gasteiger partial charge in [0.1, 0.15) is 0 Å². The molecule has 1 unspecified atom stereocenters. The first-order valence-corrected chi connectivity index (χ1v) is 8.27. The van der Waals surface area contributed by atoms with Crippen molar-refractivity contribution in [2.24, 2.45) is 0 Å². The van der Waals surface area contributed by atoms with Gasteiger partial charge in [0, 0.05) is 6.54 Å². The van der Waals surface area contributed by atoms with Crippen LogP contribution in [0.1, 0.15) is 28.4 Å². The Hall–Kier alpha value is -1.33. The minimum atomic E-state index is -0.294. The number of aromatic nitrogens is 1. The van der Waals surface area contributed by atoms with E-state index in [1.54, 1.807) is 15.9 Å². The fourth-order valence-corrected chi connectivity index (χ4v) is 4.18. The number of oxazole rings is 1. The minimum Gasteiger partial charge on any atom is -0.408 e. The maximum atomic E-state index is 11.7. The van der Waals surface area contributed by atoms with Crippen LogP contribution in [0.15, 0.2) is 38.2 Å². The van der Waals surface area contributed by atoms with Gasteiger partial charge < -0.3 is 4.42 Å². The van der Waals surface area contributed by atoms with E-state index in [1.165, 1.54) is 11.1 Å². The third-order valence-corrected chi connectivity index (χ3v) is 5.37. The molecule has 20 heavy (non-hydrogen) atoms. The third kappa shape index (κ3) is 2.15. The highest BCUT2D eigenvalue weighted by Crippen LogP contribution is 2.35. The molecule has 0 aliphatic heterocycles. The normalized spacial score (nSPS) is 12.9. The number of fused-ring (bicyclic) bond motifs is 1. The smallest absolute Gasteiger partial charge is 0.408 e. The van der Waals surface area contributed by atoms with Crippen molar-refractivity contribution in [2.75, 3.05) is 0 Å². The van der Waals surface area contributed by atoms with Crippen molar-refractivity contribution in [3.63, 3.8) is 0 Å². The van der Waals surface area contributed by atoms with Crippen molar-refractivity contribution in [2.45, 2.75) is 25.2 Å². The summed E-state index contributed by atoms with van der Waals surface area (Å²) in [6.07, 6.45) is 0. The zero-order chi connectivity index (χ0) is 14.3. The molecule has 3 nitrogen and oxygen atoms in total. The summed E-state index contributed by atoms with van der Waals surface area (Å²) in [5, 5.41) is 4.28. The number of hydrogen-bond acceptors (Lipinski definition) is 3. The number of benzene rings is 1. The largest absolute Gasteiger partial charge is 0.419 e. The minimum absolute atomic E-state index is 0.119. The van der Waals surface area contributed by atoms with Crippen LogP contribution < -0.4 is 5.76 Å². The van der Waals surface area contributed by atoms with Crippen molar-refractivity contribution in [3.8, 4) is 0 Å². The highest BCUT2D eigenvalue weighted by molar-refractivity contribution is 9.09. The number of hydrogen-bond donors (Lipinski definition) is 0. The number of nitrogens with zero attached hydrogens (tertiary/aromatic N) is 1. The Kier molecular flexibility index (Phi) is 3.56. The summed E-state index contributed by atoms with van der Waals surface area (Å²) in [4.78, 5) is 11.8. The monoisotopic (exact) mass is 351 g/mol. The van der Waals surface area contributed by atoms with Crippen molar-refractivity contribution in [3.05, 3.63) is 56.2 Å². The standard InChI is InChI=1S/C15H14BrNO2S/c1-3-17-12-5-4-10(6-13(12)19-15(17)18)14(16)11-8-20-7-9(11)2/h4-8,14H,3H2,1-2H3. The fraction of sp³-hybridized carbons (Fsp3) is 0.267. The van der Waals surface area contributed by atoms with Gasteiger partial charge in [-0.1, -0.05) is 22.0 Å². The summed E-state index contributed by atoms with van der Waals surface area (Å²) < 4.78 is 6.95. The summed E-state index contributed by atoms with van der Waals surface area (Å²) in [6, 6.07) is 5.94. The molecule has 0 radical (unpaired) electrons. The summed E-state index contributed by atoms with van der Waals surface area (Å²) in [5.41, 5.74) is 5.11. The molecular formula is C15H14BrNO2S.